The summed E-state index contributed by atoms with van der Waals surface area (Å²) in [6, 6.07) is 15.5. The van der Waals surface area contributed by atoms with Crippen LogP contribution in [0.1, 0.15) is 37.3 Å². The highest BCUT2D eigenvalue weighted by molar-refractivity contribution is 5.83. The standard InChI is InChI=1S/C20H22FNO3/c1-14(17-6-4-3-5-7-17)12-19(23)25-15(2)20(24)22-13-16-8-10-18(21)11-9-16/h3-11,14-15H,12-13H2,1-2H3,(H,22,24)/t14-,15+/m0/s1. The van der Waals surface area contributed by atoms with Crippen molar-refractivity contribution in [3.05, 3.63) is 71.5 Å². The summed E-state index contributed by atoms with van der Waals surface area (Å²) in [4.78, 5) is 24.0. The van der Waals surface area contributed by atoms with Gasteiger partial charge < -0.3 is 10.1 Å². The lowest BCUT2D eigenvalue weighted by molar-refractivity contribution is -0.155. The number of benzene rings is 2. The first kappa shape index (κ1) is 18.6. The molecule has 0 aliphatic carbocycles. The molecule has 0 spiro atoms. The second kappa shape index (κ2) is 8.97. The van der Waals surface area contributed by atoms with Crippen molar-refractivity contribution < 1.29 is 18.7 Å². The van der Waals surface area contributed by atoms with E-state index in [1.165, 1.54) is 19.1 Å². The average Bonchev–Trinajstić information content (AvgIpc) is 2.61. The quantitative estimate of drug-likeness (QED) is 0.782. The predicted octanol–water partition coefficient (Wildman–Crippen LogP) is 3.57. The molecule has 2 aromatic rings. The van der Waals surface area contributed by atoms with Gasteiger partial charge in [-0.15, -0.1) is 0 Å². The molecule has 5 heteroatoms. The van der Waals surface area contributed by atoms with Crippen LogP contribution in [0.25, 0.3) is 0 Å². The van der Waals surface area contributed by atoms with Crippen molar-refractivity contribution in [2.45, 2.75) is 38.8 Å². The fourth-order valence-corrected chi connectivity index (χ4v) is 2.38. The molecule has 0 aromatic heterocycles. The first-order chi connectivity index (χ1) is 12.0. The molecule has 0 saturated heterocycles. The number of halogens is 1. The van der Waals surface area contributed by atoms with Crippen LogP contribution in [0.2, 0.25) is 0 Å². The average molecular weight is 343 g/mol. The molecule has 1 N–H and O–H groups in total. The molecule has 0 bridgehead atoms. The van der Waals surface area contributed by atoms with Gasteiger partial charge >= 0.3 is 5.97 Å². The molecule has 0 fully saturated rings. The zero-order chi connectivity index (χ0) is 18.2. The largest absolute Gasteiger partial charge is 0.453 e. The third-order valence-corrected chi connectivity index (χ3v) is 3.90. The highest BCUT2D eigenvalue weighted by atomic mass is 19.1. The first-order valence-electron chi connectivity index (χ1n) is 8.22. The number of ether oxygens (including phenoxy) is 1. The molecular weight excluding hydrogens is 321 g/mol. The molecule has 2 rings (SSSR count). The van der Waals surface area contributed by atoms with Crippen LogP contribution in [0, 0.1) is 5.82 Å². The minimum Gasteiger partial charge on any atom is -0.453 e. The Kier molecular flexibility index (Phi) is 6.69. The second-order valence-corrected chi connectivity index (χ2v) is 5.99. The fourth-order valence-electron chi connectivity index (χ4n) is 2.38. The molecule has 132 valence electrons. The van der Waals surface area contributed by atoms with Gasteiger partial charge in [-0.3, -0.25) is 9.59 Å². The maximum absolute atomic E-state index is 12.8. The van der Waals surface area contributed by atoms with Crippen molar-refractivity contribution >= 4 is 11.9 Å². The van der Waals surface area contributed by atoms with Gasteiger partial charge in [0.05, 0.1) is 6.42 Å². The highest BCUT2D eigenvalue weighted by Crippen LogP contribution is 2.19. The molecule has 0 heterocycles. The number of carbonyl (C=O) groups excluding carboxylic acids is 2. The Morgan fingerprint density at radius 2 is 1.68 bits per heavy atom. The van der Waals surface area contributed by atoms with E-state index >= 15 is 0 Å². The Balaban J connectivity index is 1.77. The predicted molar refractivity (Wildman–Crippen MR) is 93.3 cm³/mol. The van der Waals surface area contributed by atoms with E-state index in [2.05, 4.69) is 5.32 Å². The Hall–Kier alpha value is -2.69. The van der Waals surface area contributed by atoms with Crippen LogP contribution in [0.4, 0.5) is 4.39 Å². The Morgan fingerprint density at radius 3 is 2.32 bits per heavy atom. The van der Waals surface area contributed by atoms with Crippen LogP contribution in [-0.2, 0) is 20.9 Å². The zero-order valence-corrected chi connectivity index (χ0v) is 14.4. The number of hydrogen-bond donors (Lipinski definition) is 1. The summed E-state index contributed by atoms with van der Waals surface area (Å²) in [7, 11) is 0. The van der Waals surface area contributed by atoms with E-state index in [1.807, 2.05) is 37.3 Å². The summed E-state index contributed by atoms with van der Waals surface area (Å²) in [6.07, 6.45) is -0.671. The number of esters is 1. The topological polar surface area (TPSA) is 55.4 Å². The third kappa shape index (κ3) is 6.03. The van der Waals surface area contributed by atoms with Gasteiger partial charge in [-0.05, 0) is 36.1 Å². The normalized spacial score (nSPS) is 12.9. The summed E-state index contributed by atoms with van der Waals surface area (Å²) in [5.74, 6) is -1.11. The van der Waals surface area contributed by atoms with Crippen molar-refractivity contribution in [2.24, 2.45) is 0 Å². The number of carbonyl (C=O) groups is 2. The number of hydrogen-bond acceptors (Lipinski definition) is 3. The molecule has 1 amide bonds. The molecule has 0 radical (unpaired) electrons. The van der Waals surface area contributed by atoms with Gasteiger partial charge in [0.15, 0.2) is 6.10 Å². The van der Waals surface area contributed by atoms with Gasteiger partial charge in [-0.1, -0.05) is 49.4 Å². The lowest BCUT2D eigenvalue weighted by atomic mass is 9.98. The van der Waals surface area contributed by atoms with Crippen molar-refractivity contribution in [1.29, 1.82) is 0 Å². The van der Waals surface area contributed by atoms with Crippen molar-refractivity contribution in [2.75, 3.05) is 0 Å². The molecule has 0 unspecified atom stereocenters. The van der Waals surface area contributed by atoms with E-state index < -0.39 is 12.1 Å². The Morgan fingerprint density at radius 1 is 1.04 bits per heavy atom. The third-order valence-electron chi connectivity index (χ3n) is 3.90. The van der Waals surface area contributed by atoms with E-state index in [9.17, 15) is 14.0 Å². The van der Waals surface area contributed by atoms with Crippen LogP contribution in [0.5, 0.6) is 0 Å². The van der Waals surface area contributed by atoms with E-state index in [4.69, 9.17) is 4.74 Å². The minimum absolute atomic E-state index is 0.0168. The molecule has 0 saturated carbocycles. The van der Waals surface area contributed by atoms with Crippen molar-refractivity contribution in [3.63, 3.8) is 0 Å². The lowest BCUT2D eigenvalue weighted by Crippen LogP contribution is -2.35. The monoisotopic (exact) mass is 343 g/mol. The fraction of sp³-hybridized carbons (Fsp3) is 0.300. The summed E-state index contributed by atoms with van der Waals surface area (Å²) < 4.78 is 18.0. The van der Waals surface area contributed by atoms with Gasteiger partial charge in [-0.25, -0.2) is 4.39 Å². The molecule has 25 heavy (non-hydrogen) atoms. The highest BCUT2D eigenvalue weighted by Gasteiger charge is 2.19. The van der Waals surface area contributed by atoms with E-state index in [0.717, 1.165) is 11.1 Å². The van der Waals surface area contributed by atoms with Crippen LogP contribution >= 0.6 is 0 Å². The summed E-state index contributed by atoms with van der Waals surface area (Å²) in [5.41, 5.74) is 1.82. The molecule has 4 nitrogen and oxygen atoms in total. The van der Waals surface area contributed by atoms with E-state index in [1.54, 1.807) is 12.1 Å². The van der Waals surface area contributed by atoms with Crippen LogP contribution in [0.15, 0.2) is 54.6 Å². The number of amides is 1. The van der Waals surface area contributed by atoms with E-state index in [-0.39, 0.29) is 30.6 Å². The van der Waals surface area contributed by atoms with Crippen LogP contribution in [-0.4, -0.2) is 18.0 Å². The molecule has 2 atom stereocenters. The lowest BCUT2D eigenvalue weighted by Gasteiger charge is -2.16. The van der Waals surface area contributed by atoms with Crippen LogP contribution in [0.3, 0.4) is 0 Å². The Labute approximate surface area is 147 Å². The molecule has 0 aliphatic rings. The molecule has 2 aromatic carbocycles. The second-order valence-electron chi connectivity index (χ2n) is 5.99. The minimum atomic E-state index is -0.879. The smallest absolute Gasteiger partial charge is 0.307 e. The number of nitrogens with one attached hydrogen (secondary N) is 1. The number of rotatable bonds is 7. The SMILES string of the molecule is C[C@@H](OC(=O)C[C@H](C)c1ccccc1)C(=O)NCc1ccc(F)cc1. The van der Waals surface area contributed by atoms with Crippen molar-refractivity contribution in [3.8, 4) is 0 Å². The summed E-state index contributed by atoms with van der Waals surface area (Å²) in [5, 5.41) is 2.67. The first-order valence-corrected chi connectivity index (χ1v) is 8.22. The van der Waals surface area contributed by atoms with Gasteiger partial charge in [0.1, 0.15) is 5.82 Å². The summed E-state index contributed by atoms with van der Waals surface area (Å²) in [6.45, 7) is 3.72. The van der Waals surface area contributed by atoms with Gasteiger partial charge in [0, 0.05) is 6.54 Å². The zero-order valence-electron chi connectivity index (χ0n) is 14.4. The maximum Gasteiger partial charge on any atom is 0.307 e. The van der Waals surface area contributed by atoms with Gasteiger partial charge in [0.2, 0.25) is 0 Å². The van der Waals surface area contributed by atoms with E-state index in [0.29, 0.717) is 0 Å². The van der Waals surface area contributed by atoms with Crippen molar-refractivity contribution in [1.82, 2.24) is 5.32 Å². The Bertz CT molecular complexity index is 701. The molecule has 0 aliphatic heterocycles. The molecular formula is C20H22FNO3. The van der Waals surface area contributed by atoms with Gasteiger partial charge in [0.25, 0.3) is 5.91 Å². The van der Waals surface area contributed by atoms with Gasteiger partial charge in [-0.2, -0.15) is 0 Å². The summed E-state index contributed by atoms with van der Waals surface area (Å²) >= 11 is 0. The van der Waals surface area contributed by atoms with Crippen LogP contribution < -0.4 is 5.32 Å². The maximum atomic E-state index is 12.8.